The zero-order valence-electron chi connectivity index (χ0n) is 14.6. The lowest BCUT2D eigenvalue weighted by atomic mass is 10.1. The smallest absolute Gasteiger partial charge is 0.256 e. The van der Waals surface area contributed by atoms with Gasteiger partial charge in [0.15, 0.2) is 0 Å². The van der Waals surface area contributed by atoms with Gasteiger partial charge in [-0.05, 0) is 49.7 Å². The summed E-state index contributed by atoms with van der Waals surface area (Å²) in [6.45, 7) is 4.06. The molecule has 128 valence electrons. The van der Waals surface area contributed by atoms with Gasteiger partial charge in [-0.1, -0.05) is 36.4 Å². The molecule has 2 aromatic heterocycles. The molecule has 26 heavy (non-hydrogen) atoms. The summed E-state index contributed by atoms with van der Waals surface area (Å²) in [5.41, 5.74) is 4.16. The van der Waals surface area contributed by atoms with Crippen molar-refractivity contribution in [3.05, 3.63) is 82.7 Å². The Morgan fingerprint density at radius 1 is 0.962 bits per heavy atom. The molecule has 0 atom stereocenters. The molecular weight excluding hydrogens is 340 g/mol. The number of nitrogens with zero attached hydrogens (tertiary/aromatic N) is 1. The molecule has 0 saturated carbocycles. The Bertz CT molecular complexity index is 1110. The van der Waals surface area contributed by atoms with Gasteiger partial charge in [0.25, 0.3) is 5.91 Å². The molecule has 0 aliphatic carbocycles. The SMILES string of the molecule is Cc1ccc(-c2cc(C(=O)Nc3ccccc3C)c3ccccc3n2)s1. The highest BCUT2D eigenvalue weighted by molar-refractivity contribution is 7.15. The molecule has 4 rings (SSSR count). The average Bonchev–Trinajstić information content (AvgIpc) is 3.09. The van der Waals surface area contributed by atoms with E-state index in [1.165, 1.54) is 4.88 Å². The first-order valence-electron chi connectivity index (χ1n) is 8.45. The molecule has 1 N–H and O–H groups in total. The van der Waals surface area contributed by atoms with Gasteiger partial charge in [-0.25, -0.2) is 4.98 Å². The van der Waals surface area contributed by atoms with Crippen LogP contribution in [0.1, 0.15) is 20.8 Å². The lowest BCUT2D eigenvalue weighted by Crippen LogP contribution is -2.13. The molecule has 0 spiro atoms. The van der Waals surface area contributed by atoms with Gasteiger partial charge in [0.1, 0.15) is 0 Å². The first-order valence-corrected chi connectivity index (χ1v) is 9.27. The maximum absolute atomic E-state index is 13.0. The molecule has 2 heterocycles. The number of pyridine rings is 1. The number of carbonyl (C=O) groups is 1. The van der Waals surface area contributed by atoms with Crippen LogP contribution in [0.3, 0.4) is 0 Å². The summed E-state index contributed by atoms with van der Waals surface area (Å²) in [7, 11) is 0. The molecule has 3 nitrogen and oxygen atoms in total. The number of benzene rings is 2. The van der Waals surface area contributed by atoms with E-state index in [0.717, 1.165) is 32.7 Å². The van der Waals surface area contributed by atoms with Crippen molar-refractivity contribution in [2.45, 2.75) is 13.8 Å². The number of hydrogen-bond acceptors (Lipinski definition) is 3. The van der Waals surface area contributed by atoms with Crippen molar-refractivity contribution in [1.29, 1.82) is 0 Å². The third-order valence-electron chi connectivity index (χ3n) is 4.35. The van der Waals surface area contributed by atoms with Gasteiger partial charge in [-0.2, -0.15) is 0 Å². The Labute approximate surface area is 156 Å². The van der Waals surface area contributed by atoms with Crippen molar-refractivity contribution < 1.29 is 4.79 Å². The Kier molecular flexibility index (Phi) is 4.27. The fourth-order valence-corrected chi connectivity index (χ4v) is 3.79. The van der Waals surface area contributed by atoms with Crippen LogP contribution in [0.25, 0.3) is 21.5 Å². The number of anilines is 1. The van der Waals surface area contributed by atoms with Crippen LogP contribution < -0.4 is 5.32 Å². The van der Waals surface area contributed by atoms with Crippen molar-refractivity contribution in [1.82, 2.24) is 4.98 Å². The monoisotopic (exact) mass is 358 g/mol. The van der Waals surface area contributed by atoms with E-state index in [0.29, 0.717) is 5.56 Å². The van der Waals surface area contributed by atoms with Crippen LogP contribution in [0.2, 0.25) is 0 Å². The zero-order valence-corrected chi connectivity index (χ0v) is 15.4. The average molecular weight is 358 g/mol. The van der Waals surface area contributed by atoms with Gasteiger partial charge in [0, 0.05) is 16.0 Å². The van der Waals surface area contributed by atoms with E-state index in [4.69, 9.17) is 4.98 Å². The predicted molar refractivity (Wildman–Crippen MR) is 109 cm³/mol. The predicted octanol–water partition coefficient (Wildman–Crippen LogP) is 5.83. The fourth-order valence-electron chi connectivity index (χ4n) is 2.96. The largest absolute Gasteiger partial charge is 0.322 e. The minimum absolute atomic E-state index is 0.118. The number of aromatic nitrogens is 1. The molecule has 0 aliphatic heterocycles. The topological polar surface area (TPSA) is 42.0 Å². The first-order chi connectivity index (χ1) is 12.6. The van der Waals surface area contributed by atoms with Crippen LogP contribution in [0.5, 0.6) is 0 Å². The normalized spacial score (nSPS) is 10.8. The minimum atomic E-state index is -0.118. The number of fused-ring (bicyclic) bond motifs is 1. The van der Waals surface area contributed by atoms with E-state index >= 15 is 0 Å². The van der Waals surface area contributed by atoms with Crippen LogP contribution in [0.15, 0.2) is 66.7 Å². The van der Waals surface area contributed by atoms with Gasteiger partial charge in [0.05, 0.1) is 21.7 Å². The summed E-state index contributed by atoms with van der Waals surface area (Å²) in [5.74, 6) is -0.118. The highest BCUT2D eigenvalue weighted by Gasteiger charge is 2.15. The number of nitrogens with one attached hydrogen (secondary N) is 1. The van der Waals surface area contributed by atoms with Crippen LogP contribution in [0, 0.1) is 13.8 Å². The number of hydrogen-bond donors (Lipinski definition) is 1. The van der Waals surface area contributed by atoms with Gasteiger partial charge < -0.3 is 5.32 Å². The Morgan fingerprint density at radius 3 is 2.50 bits per heavy atom. The molecule has 0 fully saturated rings. The van der Waals surface area contributed by atoms with Crippen molar-refractivity contribution in [2.24, 2.45) is 0 Å². The summed E-state index contributed by atoms with van der Waals surface area (Å²) in [5, 5.41) is 3.90. The van der Waals surface area contributed by atoms with Crippen molar-refractivity contribution in [3.63, 3.8) is 0 Å². The Morgan fingerprint density at radius 2 is 1.73 bits per heavy atom. The lowest BCUT2D eigenvalue weighted by molar-refractivity contribution is 0.102. The van der Waals surface area contributed by atoms with Crippen LogP contribution >= 0.6 is 11.3 Å². The van der Waals surface area contributed by atoms with Crippen LogP contribution in [-0.2, 0) is 0 Å². The molecule has 0 saturated heterocycles. The van der Waals surface area contributed by atoms with Gasteiger partial charge >= 0.3 is 0 Å². The third-order valence-corrected chi connectivity index (χ3v) is 5.37. The molecule has 0 radical (unpaired) electrons. The number of amides is 1. The maximum atomic E-state index is 13.0. The highest BCUT2D eigenvalue weighted by Crippen LogP contribution is 2.30. The molecule has 2 aromatic carbocycles. The third kappa shape index (κ3) is 3.11. The van der Waals surface area contributed by atoms with E-state index in [1.807, 2.05) is 61.5 Å². The van der Waals surface area contributed by atoms with Gasteiger partial charge in [0.2, 0.25) is 0 Å². The number of para-hydroxylation sites is 2. The van der Waals surface area contributed by atoms with E-state index in [2.05, 4.69) is 24.4 Å². The summed E-state index contributed by atoms with van der Waals surface area (Å²) in [6.07, 6.45) is 0. The molecule has 0 aliphatic rings. The zero-order chi connectivity index (χ0) is 18.1. The number of thiophene rings is 1. The standard InChI is InChI=1S/C22H18N2OS/c1-14-7-3-5-9-18(14)24-22(25)17-13-20(21-12-11-15(2)26-21)23-19-10-6-4-8-16(17)19/h3-13H,1-2H3,(H,24,25). The van der Waals surface area contributed by atoms with Gasteiger partial charge in [-0.3, -0.25) is 4.79 Å². The van der Waals surface area contributed by atoms with Crippen LogP contribution in [-0.4, -0.2) is 10.9 Å². The van der Waals surface area contributed by atoms with Gasteiger partial charge in [-0.15, -0.1) is 11.3 Å². The minimum Gasteiger partial charge on any atom is -0.322 e. The summed E-state index contributed by atoms with van der Waals surface area (Å²) < 4.78 is 0. The molecule has 0 bridgehead atoms. The van der Waals surface area contributed by atoms with Crippen molar-refractivity contribution >= 4 is 33.8 Å². The molecule has 0 unspecified atom stereocenters. The van der Waals surface area contributed by atoms with Crippen molar-refractivity contribution in [2.75, 3.05) is 5.32 Å². The van der Waals surface area contributed by atoms with E-state index in [1.54, 1.807) is 11.3 Å². The quantitative estimate of drug-likeness (QED) is 0.500. The van der Waals surface area contributed by atoms with E-state index in [9.17, 15) is 4.79 Å². The molecule has 4 aromatic rings. The second-order valence-electron chi connectivity index (χ2n) is 6.25. The van der Waals surface area contributed by atoms with Crippen LogP contribution in [0.4, 0.5) is 5.69 Å². The second kappa shape index (κ2) is 6.73. The molecule has 4 heteroatoms. The summed E-state index contributed by atoms with van der Waals surface area (Å²) in [6, 6.07) is 21.6. The summed E-state index contributed by atoms with van der Waals surface area (Å²) in [4.78, 5) is 20.1. The number of rotatable bonds is 3. The fraction of sp³-hybridized carbons (Fsp3) is 0.0909. The molecule has 1 amide bonds. The lowest BCUT2D eigenvalue weighted by Gasteiger charge is -2.11. The first kappa shape index (κ1) is 16.5. The Hall–Kier alpha value is -2.98. The summed E-state index contributed by atoms with van der Waals surface area (Å²) >= 11 is 1.68. The highest BCUT2D eigenvalue weighted by atomic mass is 32.1. The number of aryl methyl sites for hydroxylation is 2. The number of carbonyl (C=O) groups excluding carboxylic acids is 1. The Balaban J connectivity index is 1.82. The second-order valence-corrected chi connectivity index (χ2v) is 7.54. The maximum Gasteiger partial charge on any atom is 0.256 e. The van der Waals surface area contributed by atoms with Crippen molar-refractivity contribution in [3.8, 4) is 10.6 Å². The van der Waals surface area contributed by atoms with E-state index in [-0.39, 0.29) is 5.91 Å². The van der Waals surface area contributed by atoms with E-state index < -0.39 is 0 Å². The molecular formula is C22H18N2OS.